The van der Waals surface area contributed by atoms with Crippen molar-refractivity contribution < 1.29 is 4.21 Å². The number of pyridine rings is 1. The predicted molar refractivity (Wildman–Crippen MR) is 74.0 cm³/mol. The summed E-state index contributed by atoms with van der Waals surface area (Å²) in [7, 11) is 0.606. The molecule has 5 nitrogen and oxygen atoms in total. The SMILES string of the molecule is Cn1cc2cc(/C=N/[S@](=O)C(C)(C)C)ncc2n1. The number of hydrogen-bond acceptors (Lipinski definition) is 3. The molecular formula is C12H16N4OS. The van der Waals surface area contributed by atoms with E-state index in [1.54, 1.807) is 17.1 Å². The third kappa shape index (κ3) is 2.81. The molecule has 0 aliphatic rings. The summed E-state index contributed by atoms with van der Waals surface area (Å²) in [6, 6.07) is 1.88. The van der Waals surface area contributed by atoms with Gasteiger partial charge < -0.3 is 0 Å². The van der Waals surface area contributed by atoms with E-state index in [4.69, 9.17) is 0 Å². The van der Waals surface area contributed by atoms with E-state index in [0.717, 1.165) is 10.9 Å². The minimum atomic E-state index is -1.26. The van der Waals surface area contributed by atoms with Crippen LogP contribution in [0.5, 0.6) is 0 Å². The largest absolute Gasteiger partial charge is 0.275 e. The van der Waals surface area contributed by atoms with Gasteiger partial charge in [0, 0.05) is 18.6 Å². The van der Waals surface area contributed by atoms with Crippen LogP contribution in [-0.2, 0) is 18.0 Å². The van der Waals surface area contributed by atoms with Gasteiger partial charge in [-0.3, -0.25) is 9.67 Å². The molecule has 6 heteroatoms. The third-order valence-electron chi connectivity index (χ3n) is 2.33. The van der Waals surface area contributed by atoms with Crippen molar-refractivity contribution in [1.82, 2.24) is 14.8 Å². The van der Waals surface area contributed by atoms with E-state index < -0.39 is 11.0 Å². The van der Waals surface area contributed by atoms with Crippen LogP contribution in [0.2, 0.25) is 0 Å². The fraction of sp³-hybridized carbons (Fsp3) is 0.417. The number of nitrogens with zero attached hydrogens (tertiary/aromatic N) is 4. The van der Waals surface area contributed by atoms with E-state index in [0.29, 0.717) is 5.69 Å². The molecule has 2 heterocycles. The number of aryl methyl sites for hydroxylation is 1. The molecule has 18 heavy (non-hydrogen) atoms. The number of hydrogen-bond donors (Lipinski definition) is 0. The molecule has 0 aromatic carbocycles. The van der Waals surface area contributed by atoms with Crippen molar-refractivity contribution in [2.45, 2.75) is 25.5 Å². The molecule has 0 amide bonds. The van der Waals surface area contributed by atoms with Crippen LogP contribution in [0.1, 0.15) is 26.5 Å². The molecule has 0 saturated carbocycles. The van der Waals surface area contributed by atoms with Gasteiger partial charge in [-0.1, -0.05) is 0 Å². The van der Waals surface area contributed by atoms with Crippen molar-refractivity contribution in [2.75, 3.05) is 0 Å². The number of aromatic nitrogens is 3. The monoisotopic (exact) mass is 264 g/mol. The number of fused-ring (bicyclic) bond motifs is 1. The van der Waals surface area contributed by atoms with Crippen molar-refractivity contribution in [3.63, 3.8) is 0 Å². The van der Waals surface area contributed by atoms with E-state index in [1.165, 1.54) is 0 Å². The second-order valence-corrected chi connectivity index (χ2v) is 7.00. The summed E-state index contributed by atoms with van der Waals surface area (Å²) >= 11 is 0. The Bertz CT molecular complexity index is 625. The van der Waals surface area contributed by atoms with E-state index >= 15 is 0 Å². The summed E-state index contributed by atoms with van der Waals surface area (Å²) in [6.45, 7) is 5.66. The van der Waals surface area contributed by atoms with Gasteiger partial charge >= 0.3 is 0 Å². The van der Waals surface area contributed by atoms with Crippen LogP contribution in [0.3, 0.4) is 0 Å². The Kier molecular flexibility index (Phi) is 3.30. The highest BCUT2D eigenvalue weighted by Gasteiger charge is 2.18. The maximum Gasteiger partial charge on any atom is 0.144 e. The van der Waals surface area contributed by atoms with E-state index in [2.05, 4.69) is 14.5 Å². The van der Waals surface area contributed by atoms with E-state index in [1.807, 2.05) is 40.1 Å². The standard InChI is InChI=1S/C12H16N4OS/c1-12(2,3)18(17)14-6-10-5-9-8-16(4)15-11(9)7-13-10/h5-8H,1-4H3/b14-6+/t18-/m1/s1. The fourth-order valence-corrected chi connectivity index (χ4v) is 1.92. The van der Waals surface area contributed by atoms with Gasteiger partial charge in [-0.15, -0.1) is 0 Å². The smallest absolute Gasteiger partial charge is 0.144 e. The summed E-state index contributed by atoms with van der Waals surface area (Å²) in [5.74, 6) is 0. The molecule has 0 bridgehead atoms. The maximum atomic E-state index is 11.8. The highest BCUT2D eigenvalue weighted by Crippen LogP contribution is 2.13. The van der Waals surface area contributed by atoms with E-state index in [-0.39, 0.29) is 4.75 Å². The Balaban J connectivity index is 2.27. The summed E-state index contributed by atoms with van der Waals surface area (Å²) in [5.41, 5.74) is 1.53. The van der Waals surface area contributed by atoms with Gasteiger partial charge in [-0.05, 0) is 26.8 Å². The normalized spacial score (nSPS) is 14.4. The highest BCUT2D eigenvalue weighted by atomic mass is 32.2. The van der Waals surface area contributed by atoms with Crippen LogP contribution in [-0.4, -0.2) is 29.9 Å². The zero-order valence-electron chi connectivity index (χ0n) is 10.9. The average molecular weight is 264 g/mol. The van der Waals surface area contributed by atoms with Crippen molar-refractivity contribution >= 4 is 28.1 Å². The first-order valence-corrected chi connectivity index (χ1v) is 6.72. The van der Waals surface area contributed by atoms with Crippen molar-refractivity contribution in [2.24, 2.45) is 11.4 Å². The van der Waals surface area contributed by atoms with Crippen molar-refractivity contribution in [1.29, 1.82) is 0 Å². The third-order valence-corrected chi connectivity index (χ3v) is 3.68. The van der Waals surface area contributed by atoms with Crippen LogP contribution in [0.25, 0.3) is 10.9 Å². The van der Waals surface area contributed by atoms with Gasteiger partial charge in [0.05, 0.1) is 22.9 Å². The lowest BCUT2D eigenvalue weighted by molar-refractivity contribution is 0.651. The lowest BCUT2D eigenvalue weighted by Gasteiger charge is -2.12. The minimum absolute atomic E-state index is 0.352. The molecule has 1 atom stereocenters. The van der Waals surface area contributed by atoms with Crippen LogP contribution in [0.15, 0.2) is 22.9 Å². The lowest BCUT2D eigenvalue weighted by atomic mass is 10.3. The molecule has 96 valence electrons. The van der Waals surface area contributed by atoms with Gasteiger partial charge in [0.15, 0.2) is 0 Å². The van der Waals surface area contributed by atoms with Gasteiger partial charge in [0.2, 0.25) is 0 Å². The summed E-state index contributed by atoms with van der Waals surface area (Å²) in [5, 5.41) is 5.23. The summed E-state index contributed by atoms with van der Waals surface area (Å²) < 4.78 is 17.2. The van der Waals surface area contributed by atoms with Crippen molar-refractivity contribution in [3.05, 3.63) is 24.2 Å². The fourth-order valence-electron chi connectivity index (χ4n) is 1.40. The molecule has 0 N–H and O–H groups in total. The molecule has 0 radical (unpaired) electrons. The van der Waals surface area contributed by atoms with Crippen LogP contribution in [0.4, 0.5) is 0 Å². The van der Waals surface area contributed by atoms with Gasteiger partial charge in [-0.2, -0.15) is 9.50 Å². The lowest BCUT2D eigenvalue weighted by Crippen LogP contribution is -2.19. The molecule has 0 aliphatic heterocycles. The molecule has 2 aromatic rings. The maximum absolute atomic E-state index is 11.8. The molecule has 0 unspecified atom stereocenters. The molecular weight excluding hydrogens is 248 g/mol. The van der Waals surface area contributed by atoms with Gasteiger partial charge in [0.25, 0.3) is 0 Å². The zero-order chi connectivity index (χ0) is 13.3. The Hall–Kier alpha value is -1.56. The second kappa shape index (κ2) is 4.61. The molecule has 2 rings (SSSR count). The predicted octanol–water partition coefficient (Wildman–Crippen LogP) is 1.85. The van der Waals surface area contributed by atoms with E-state index in [9.17, 15) is 4.21 Å². The molecule has 0 spiro atoms. The molecule has 2 aromatic heterocycles. The van der Waals surface area contributed by atoms with Crippen LogP contribution >= 0.6 is 0 Å². The van der Waals surface area contributed by atoms with Crippen molar-refractivity contribution in [3.8, 4) is 0 Å². The average Bonchev–Trinajstić information content (AvgIpc) is 2.63. The summed E-state index contributed by atoms with van der Waals surface area (Å²) in [6.07, 6.45) is 5.15. The minimum Gasteiger partial charge on any atom is -0.275 e. The van der Waals surface area contributed by atoms with Crippen LogP contribution < -0.4 is 0 Å². The topological polar surface area (TPSA) is 60.1 Å². The Morgan fingerprint density at radius 2 is 2.17 bits per heavy atom. The first kappa shape index (κ1) is 12.9. The molecule has 0 fully saturated rings. The molecule has 0 aliphatic carbocycles. The molecule has 0 saturated heterocycles. The zero-order valence-corrected chi connectivity index (χ0v) is 11.7. The Morgan fingerprint density at radius 1 is 1.44 bits per heavy atom. The first-order valence-electron chi connectivity index (χ1n) is 5.62. The highest BCUT2D eigenvalue weighted by molar-refractivity contribution is 7.85. The summed E-state index contributed by atoms with van der Waals surface area (Å²) in [4.78, 5) is 4.21. The Morgan fingerprint density at radius 3 is 2.83 bits per heavy atom. The quantitative estimate of drug-likeness (QED) is 0.778. The van der Waals surface area contributed by atoms with Crippen LogP contribution in [0, 0.1) is 0 Å². The Labute approximate surface area is 109 Å². The first-order chi connectivity index (χ1) is 8.36. The van der Waals surface area contributed by atoms with Gasteiger partial charge in [-0.25, -0.2) is 4.21 Å². The van der Waals surface area contributed by atoms with Gasteiger partial charge in [0.1, 0.15) is 16.5 Å². The second-order valence-electron chi connectivity index (χ2n) is 5.07. The number of rotatable bonds is 2.